The summed E-state index contributed by atoms with van der Waals surface area (Å²) in [6, 6.07) is 19.0. The summed E-state index contributed by atoms with van der Waals surface area (Å²) in [6.07, 6.45) is 1.80. The van der Waals surface area contributed by atoms with Gasteiger partial charge in [0.1, 0.15) is 5.58 Å². The lowest BCUT2D eigenvalue weighted by Crippen LogP contribution is -2.02. The monoisotopic (exact) mass is 437 g/mol. The highest BCUT2D eigenvalue weighted by molar-refractivity contribution is 9.10. The molecule has 0 unspecified atom stereocenters. The molecule has 0 aliphatic rings. The molecule has 0 bridgehead atoms. The zero-order valence-corrected chi connectivity index (χ0v) is 16.3. The highest BCUT2D eigenvalue weighted by Gasteiger charge is 2.16. The molecule has 0 N–H and O–H groups in total. The van der Waals surface area contributed by atoms with E-state index in [1.807, 2.05) is 47.0 Å². The number of thioether (sulfide) groups is 1. The van der Waals surface area contributed by atoms with E-state index in [0.29, 0.717) is 22.0 Å². The number of rotatable bonds is 4. The topological polar surface area (TPSA) is 71.8 Å². The van der Waals surface area contributed by atoms with E-state index in [-0.39, 0.29) is 5.75 Å². The van der Waals surface area contributed by atoms with Crippen LogP contribution in [0.25, 0.3) is 27.9 Å². The molecule has 4 rings (SSSR count). The van der Waals surface area contributed by atoms with Gasteiger partial charge >= 0.3 is 5.63 Å². The number of benzene rings is 2. The van der Waals surface area contributed by atoms with Gasteiger partial charge in [-0.25, -0.2) is 9.78 Å². The second kappa shape index (κ2) is 7.43. The van der Waals surface area contributed by atoms with Crippen LogP contribution in [0.4, 0.5) is 0 Å². The molecule has 4 aromatic rings. The molecule has 5 nitrogen and oxygen atoms in total. The molecule has 0 saturated heterocycles. The van der Waals surface area contributed by atoms with Crippen molar-refractivity contribution in [2.75, 3.05) is 5.75 Å². The van der Waals surface area contributed by atoms with Crippen molar-refractivity contribution in [1.82, 2.24) is 9.55 Å². The van der Waals surface area contributed by atoms with Crippen molar-refractivity contribution in [1.29, 1.82) is 5.26 Å². The number of nitriles is 1. The zero-order chi connectivity index (χ0) is 18.8. The van der Waals surface area contributed by atoms with Crippen LogP contribution in [0, 0.1) is 11.3 Å². The number of hydrogen-bond acceptors (Lipinski definition) is 5. The van der Waals surface area contributed by atoms with Gasteiger partial charge in [-0.2, -0.15) is 5.26 Å². The smallest absolute Gasteiger partial charge is 0.345 e. The number of halogens is 1. The quantitative estimate of drug-likeness (QED) is 0.330. The summed E-state index contributed by atoms with van der Waals surface area (Å²) >= 11 is 4.74. The molecule has 0 spiro atoms. The van der Waals surface area contributed by atoms with Crippen molar-refractivity contribution in [3.05, 3.63) is 75.7 Å². The van der Waals surface area contributed by atoms with Crippen LogP contribution in [0.3, 0.4) is 0 Å². The molecule has 2 aromatic heterocycles. The third-order valence-corrected chi connectivity index (χ3v) is 5.31. The SMILES string of the molecule is N#CCSc1nc(-c2cc3ccccc3oc2=O)cn1-c1ccc(Br)cc1. The third kappa shape index (κ3) is 3.54. The van der Waals surface area contributed by atoms with Crippen molar-refractivity contribution in [3.8, 4) is 23.0 Å². The van der Waals surface area contributed by atoms with Crippen LogP contribution < -0.4 is 5.63 Å². The first-order valence-corrected chi connectivity index (χ1v) is 9.82. The van der Waals surface area contributed by atoms with Crippen LogP contribution in [-0.4, -0.2) is 15.3 Å². The van der Waals surface area contributed by atoms with Gasteiger partial charge in [-0.1, -0.05) is 45.9 Å². The molecule has 0 radical (unpaired) electrons. The molecule has 2 heterocycles. The lowest BCUT2D eigenvalue weighted by molar-refractivity contribution is 0.563. The second-order valence-corrected chi connectivity index (χ2v) is 7.55. The fraction of sp³-hybridized carbons (Fsp3) is 0.0500. The Balaban J connectivity index is 1.86. The summed E-state index contributed by atoms with van der Waals surface area (Å²) in [7, 11) is 0. The first kappa shape index (κ1) is 17.6. The number of nitrogens with zero attached hydrogens (tertiary/aromatic N) is 3. The standard InChI is InChI=1S/C20H12BrN3O2S/c21-14-5-7-15(8-6-14)24-12-17(23-20(24)27-10-9-22)16-11-13-3-1-2-4-18(13)26-19(16)25/h1-8,11-12H,10H2. The van der Waals surface area contributed by atoms with Crippen molar-refractivity contribution in [3.63, 3.8) is 0 Å². The van der Waals surface area contributed by atoms with Crippen LogP contribution in [-0.2, 0) is 0 Å². The van der Waals surface area contributed by atoms with E-state index in [4.69, 9.17) is 9.68 Å². The summed E-state index contributed by atoms with van der Waals surface area (Å²) in [5.74, 6) is 0.263. The average Bonchev–Trinajstić information content (AvgIpc) is 3.10. The summed E-state index contributed by atoms with van der Waals surface area (Å²) in [6.45, 7) is 0. The van der Waals surface area contributed by atoms with Crippen LogP contribution >= 0.6 is 27.7 Å². The van der Waals surface area contributed by atoms with E-state index < -0.39 is 5.63 Å². The molecular formula is C20H12BrN3O2S. The Morgan fingerprint density at radius 2 is 1.96 bits per heavy atom. The van der Waals surface area contributed by atoms with Gasteiger partial charge in [0.25, 0.3) is 0 Å². The van der Waals surface area contributed by atoms with E-state index >= 15 is 0 Å². The Morgan fingerprint density at radius 3 is 2.74 bits per heavy atom. The van der Waals surface area contributed by atoms with E-state index in [9.17, 15) is 4.79 Å². The molecule has 7 heteroatoms. The van der Waals surface area contributed by atoms with Gasteiger partial charge in [0.05, 0.1) is 23.1 Å². The molecule has 2 aromatic carbocycles. The minimum atomic E-state index is -0.439. The largest absolute Gasteiger partial charge is 0.422 e. The highest BCUT2D eigenvalue weighted by Crippen LogP contribution is 2.28. The van der Waals surface area contributed by atoms with E-state index in [2.05, 4.69) is 27.0 Å². The molecule has 0 amide bonds. The Kier molecular flexibility index (Phi) is 4.84. The molecule has 27 heavy (non-hydrogen) atoms. The fourth-order valence-corrected chi connectivity index (χ4v) is 3.64. The second-order valence-electron chi connectivity index (χ2n) is 5.69. The van der Waals surface area contributed by atoms with Crippen molar-refractivity contribution >= 4 is 38.7 Å². The summed E-state index contributed by atoms with van der Waals surface area (Å²) in [5, 5.41) is 10.4. The molecule has 0 atom stereocenters. The summed E-state index contributed by atoms with van der Waals surface area (Å²) < 4.78 is 8.27. The summed E-state index contributed by atoms with van der Waals surface area (Å²) in [4.78, 5) is 17.1. The molecule has 0 fully saturated rings. The van der Waals surface area contributed by atoms with Crippen molar-refractivity contribution in [2.24, 2.45) is 0 Å². The Hall–Kier alpha value is -2.82. The van der Waals surface area contributed by atoms with E-state index in [0.717, 1.165) is 15.5 Å². The number of fused-ring (bicyclic) bond motifs is 1. The van der Waals surface area contributed by atoms with Gasteiger partial charge in [0.2, 0.25) is 0 Å². The fourth-order valence-electron chi connectivity index (χ4n) is 2.72. The van der Waals surface area contributed by atoms with Gasteiger partial charge < -0.3 is 4.42 Å². The maximum Gasteiger partial charge on any atom is 0.345 e. The van der Waals surface area contributed by atoms with Crippen molar-refractivity contribution < 1.29 is 4.42 Å². The number of aromatic nitrogens is 2. The normalized spacial score (nSPS) is 10.8. The van der Waals surface area contributed by atoms with Crippen LogP contribution in [0.1, 0.15) is 0 Å². The molecule has 0 aliphatic carbocycles. The zero-order valence-electron chi connectivity index (χ0n) is 13.9. The molecular weight excluding hydrogens is 426 g/mol. The minimum absolute atomic E-state index is 0.263. The molecule has 0 aliphatic heterocycles. The van der Waals surface area contributed by atoms with Gasteiger partial charge in [0, 0.05) is 21.7 Å². The Labute approximate surface area is 167 Å². The lowest BCUT2D eigenvalue weighted by atomic mass is 10.1. The van der Waals surface area contributed by atoms with Gasteiger partial charge in [0.15, 0.2) is 5.16 Å². The van der Waals surface area contributed by atoms with Crippen LogP contribution in [0.15, 0.2) is 79.6 Å². The number of para-hydroxylation sites is 1. The average molecular weight is 438 g/mol. The first-order valence-electron chi connectivity index (χ1n) is 8.04. The van der Waals surface area contributed by atoms with E-state index in [1.54, 1.807) is 18.3 Å². The predicted molar refractivity (Wildman–Crippen MR) is 109 cm³/mol. The summed E-state index contributed by atoms with van der Waals surface area (Å²) in [5.41, 5.74) is 1.90. The first-order chi connectivity index (χ1) is 13.2. The maximum atomic E-state index is 12.5. The van der Waals surface area contributed by atoms with Crippen molar-refractivity contribution in [2.45, 2.75) is 5.16 Å². The van der Waals surface area contributed by atoms with Crippen LogP contribution in [0.5, 0.6) is 0 Å². The number of hydrogen-bond donors (Lipinski definition) is 0. The predicted octanol–water partition coefficient (Wildman–Crippen LogP) is 5.02. The van der Waals surface area contributed by atoms with Gasteiger partial charge in [-0.05, 0) is 36.4 Å². The minimum Gasteiger partial charge on any atom is -0.422 e. The Morgan fingerprint density at radius 1 is 1.19 bits per heavy atom. The number of imidazole rings is 1. The lowest BCUT2D eigenvalue weighted by Gasteiger charge is -2.05. The molecule has 0 saturated carbocycles. The van der Waals surface area contributed by atoms with E-state index in [1.165, 1.54) is 11.8 Å². The highest BCUT2D eigenvalue weighted by atomic mass is 79.9. The van der Waals surface area contributed by atoms with Crippen LogP contribution in [0.2, 0.25) is 0 Å². The van der Waals surface area contributed by atoms with Gasteiger partial charge in [-0.15, -0.1) is 0 Å². The molecule has 132 valence electrons. The maximum absolute atomic E-state index is 12.5. The van der Waals surface area contributed by atoms with Gasteiger partial charge in [-0.3, -0.25) is 4.57 Å². The Bertz CT molecular complexity index is 1220. The third-order valence-electron chi connectivity index (χ3n) is 3.96.